The van der Waals surface area contributed by atoms with Crippen LogP contribution in [-0.2, 0) is 6.42 Å². The van der Waals surface area contributed by atoms with Gasteiger partial charge < -0.3 is 9.72 Å². The number of nitrogens with one attached hydrogen (secondary N) is 1. The highest BCUT2D eigenvalue weighted by molar-refractivity contribution is 5.82. The second-order valence-electron chi connectivity index (χ2n) is 3.12. The van der Waals surface area contributed by atoms with Crippen LogP contribution in [0.4, 0.5) is 0 Å². The van der Waals surface area contributed by atoms with Crippen molar-refractivity contribution in [1.29, 1.82) is 0 Å². The van der Waals surface area contributed by atoms with Gasteiger partial charge in [0.25, 0.3) is 0 Å². The summed E-state index contributed by atoms with van der Waals surface area (Å²) < 4.78 is 5.46. The Bertz CT molecular complexity index is 392. The van der Waals surface area contributed by atoms with Gasteiger partial charge in [-0.15, -0.1) is 0 Å². The summed E-state index contributed by atoms with van der Waals surface area (Å²) in [5, 5.41) is 1.23. The van der Waals surface area contributed by atoms with Crippen LogP contribution in [0.1, 0.15) is 5.56 Å². The molecule has 0 saturated carbocycles. The molecule has 2 heteroatoms. The number of benzene rings is 1. The third kappa shape index (κ3) is 0.694. The molecule has 1 aliphatic rings. The fraction of sp³-hybridized carbons (Fsp3) is 0.200. The van der Waals surface area contributed by atoms with Crippen molar-refractivity contribution in [2.24, 2.45) is 0 Å². The van der Waals surface area contributed by atoms with Crippen molar-refractivity contribution in [2.75, 3.05) is 6.61 Å². The van der Waals surface area contributed by atoms with Gasteiger partial charge in [-0.05, 0) is 23.8 Å². The lowest BCUT2D eigenvalue weighted by Gasteiger charge is -1.97. The fourth-order valence-electron chi connectivity index (χ4n) is 1.73. The summed E-state index contributed by atoms with van der Waals surface area (Å²) in [4.78, 5) is 3.19. The molecule has 0 atom stereocenters. The highest BCUT2D eigenvalue weighted by Gasteiger charge is 2.12. The van der Waals surface area contributed by atoms with Crippen molar-refractivity contribution >= 4 is 10.9 Å². The van der Waals surface area contributed by atoms with Gasteiger partial charge in [0.05, 0.1) is 6.61 Å². The number of H-pyrrole nitrogens is 1. The van der Waals surface area contributed by atoms with Crippen LogP contribution in [0, 0.1) is 0 Å². The SMILES string of the molecule is c1cc2cc3c(cc2[nH]1)CCO3. The van der Waals surface area contributed by atoms with E-state index in [0.29, 0.717) is 0 Å². The molecule has 0 amide bonds. The molecule has 0 aliphatic carbocycles. The zero-order chi connectivity index (χ0) is 7.97. The van der Waals surface area contributed by atoms with Gasteiger partial charge in [0.15, 0.2) is 0 Å². The van der Waals surface area contributed by atoms with Gasteiger partial charge in [-0.3, -0.25) is 0 Å². The maximum atomic E-state index is 5.46. The lowest BCUT2D eigenvalue weighted by atomic mass is 10.1. The number of rotatable bonds is 0. The van der Waals surface area contributed by atoms with Crippen molar-refractivity contribution in [3.05, 3.63) is 30.0 Å². The van der Waals surface area contributed by atoms with Crippen LogP contribution < -0.4 is 4.74 Å². The molecule has 1 N–H and O–H groups in total. The van der Waals surface area contributed by atoms with E-state index < -0.39 is 0 Å². The summed E-state index contributed by atoms with van der Waals surface area (Å²) >= 11 is 0. The minimum atomic E-state index is 0.835. The Kier molecular flexibility index (Phi) is 1.04. The molecule has 1 aliphatic heterocycles. The Hall–Kier alpha value is -1.44. The van der Waals surface area contributed by atoms with E-state index in [2.05, 4.69) is 23.2 Å². The molecule has 12 heavy (non-hydrogen) atoms. The number of fused-ring (bicyclic) bond motifs is 2. The monoisotopic (exact) mass is 159 g/mol. The summed E-state index contributed by atoms with van der Waals surface area (Å²) in [5.74, 6) is 1.06. The lowest BCUT2D eigenvalue weighted by molar-refractivity contribution is 0.357. The van der Waals surface area contributed by atoms with Crippen LogP contribution in [-0.4, -0.2) is 11.6 Å². The average molecular weight is 159 g/mol. The molecular weight excluding hydrogens is 150 g/mol. The first-order valence-electron chi connectivity index (χ1n) is 4.16. The van der Waals surface area contributed by atoms with E-state index in [1.54, 1.807) is 0 Å². The summed E-state index contributed by atoms with van der Waals surface area (Å²) in [7, 11) is 0. The summed E-state index contributed by atoms with van der Waals surface area (Å²) in [5.41, 5.74) is 2.53. The average Bonchev–Trinajstić information content (AvgIpc) is 2.64. The second kappa shape index (κ2) is 2.03. The molecule has 0 saturated heterocycles. The van der Waals surface area contributed by atoms with E-state index in [-0.39, 0.29) is 0 Å². The van der Waals surface area contributed by atoms with E-state index in [0.717, 1.165) is 18.8 Å². The van der Waals surface area contributed by atoms with Gasteiger partial charge in [0.2, 0.25) is 0 Å². The second-order valence-corrected chi connectivity index (χ2v) is 3.12. The highest BCUT2D eigenvalue weighted by Crippen LogP contribution is 2.29. The van der Waals surface area contributed by atoms with Gasteiger partial charge in [-0.1, -0.05) is 0 Å². The smallest absolute Gasteiger partial charge is 0.123 e. The largest absolute Gasteiger partial charge is 0.493 e. The third-order valence-electron chi connectivity index (χ3n) is 2.36. The quantitative estimate of drug-likeness (QED) is 0.625. The molecule has 2 nitrogen and oxygen atoms in total. The zero-order valence-electron chi connectivity index (χ0n) is 6.63. The van der Waals surface area contributed by atoms with Crippen LogP contribution in [0.15, 0.2) is 24.4 Å². The van der Waals surface area contributed by atoms with Crippen LogP contribution in [0.3, 0.4) is 0 Å². The van der Waals surface area contributed by atoms with Crippen LogP contribution in [0.2, 0.25) is 0 Å². The maximum Gasteiger partial charge on any atom is 0.123 e. The maximum absolute atomic E-state index is 5.46. The summed E-state index contributed by atoms with van der Waals surface area (Å²) in [6.07, 6.45) is 3.00. The first-order valence-corrected chi connectivity index (χ1v) is 4.16. The topological polar surface area (TPSA) is 25.0 Å². The molecule has 2 heterocycles. The van der Waals surface area contributed by atoms with Crippen molar-refractivity contribution in [1.82, 2.24) is 4.98 Å². The van der Waals surface area contributed by atoms with E-state index in [1.165, 1.54) is 16.5 Å². The van der Waals surface area contributed by atoms with Crippen molar-refractivity contribution in [3.8, 4) is 5.75 Å². The molecule has 2 aromatic rings. The Morgan fingerprint density at radius 2 is 2.33 bits per heavy atom. The molecule has 1 aromatic heterocycles. The predicted molar refractivity (Wildman–Crippen MR) is 47.5 cm³/mol. The van der Waals surface area contributed by atoms with Crippen LogP contribution in [0.25, 0.3) is 10.9 Å². The van der Waals surface area contributed by atoms with Gasteiger partial charge >= 0.3 is 0 Å². The standard InChI is InChI=1S/C10H9NO/c1-3-11-9-5-8-2-4-12-10(8)6-7(1)9/h1,3,5-6,11H,2,4H2. The van der Waals surface area contributed by atoms with Crippen molar-refractivity contribution < 1.29 is 4.74 Å². The molecule has 3 rings (SSSR count). The lowest BCUT2D eigenvalue weighted by Crippen LogP contribution is -1.85. The van der Waals surface area contributed by atoms with Gasteiger partial charge in [-0.2, -0.15) is 0 Å². The Labute approximate surface area is 70.2 Å². The Balaban J connectivity index is 2.38. The van der Waals surface area contributed by atoms with Crippen molar-refractivity contribution in [3.63, 3.8) is 0 Å². The number of aromatic amines is 1. The first kappa shape index (κ1) is 6.12. The zero-order valence-corrected chi connectivity index (χ0v) is 6.63. The molecule has 0 bridgehead atoms. The first-order chi connectivity index (χ1) is 5.93. The highest BCUT2D eigenvalue weighted by atomic mass is 16.5. The molecule has 0 radical (unpaired) electrons. The molecule has 0 spiro atoms. The van der Waals surface area contributed by atoms with E-state index in [4.69, 9.17) is 4.74 Å². The minimum absolute atomic E-state index is 0.835. The summed E-state index contributed by atoms with van der Waals surface area (Å²) in [6.45, 7) is 0.835. The fourth-order valence-corrected chi connectivity index (χ4v) is 1.73. The minimum Gasteiger partial charge on any atom is -0.493 e. The van der Waals surface area contributed by atoms with Gasteiger partial charge in [0.1, 0.15) is 5.75 Å². The van der Waals surface area contributed by atoms with Crippen molar-refractivity contribution in [2.45, 2.75) is 6.42 Å². The number of hydrogen-bond donors (Lipinski definition) is 1. The molecule has 1 aromatic carbocycles. The number of aromatic nitrogens is 1. The van der Waals surface area contributed by atoms with Gasteiger partial charge in [0, 0.05) is 23.5 Å². The van der Waals surface area contributed by atoms with Crippen LogP contribution >= 0.6 is 0 Å². The van der Waals surface area contributed by atoms with Gasteiger partial charge in [-0.25, -0.2) is 0 Å². The number of hydrogen-bond acceptors (Lipinski definition) is 1. The Morgan fingerprint density at radius 3 is 3.33 bits per heavy atom. The predicted octanol–water partition coefficient (Wildman–Crippen LogP) is 2.10. The number of ether oxygens (including phenoxy) is 1. The summed E-state index contributed by atoms with van der Waals surface area (Å²) in [6, 6.07) is 6.35. The third-order valence-corrected chi connectivity index (χ3v) is 2.36. The normalized spacial score (nSPS) is 14.7. The van der Waals surface area contributed by atoms with E-state index in [9.17, 15) is 0 Å². The molecule has 0 unspecified atom stereocenters. The molecule has 0 fully saturated rings. The van der Waals surface area contributed by atoms with E-state index >= 15 is 0 Å². The molecule has 60 valence electrons. The van der Waals surface area contributed by atoms with E-state index in [1.807, 2.05) is 6.20 Å². The Morgan fingerprint density at radius 1 is 1.33 bits per heavy atom. The van der Waals surface area contributed by atoms with Crippen LogP contribution in [0.5, 0.6) is 5.75 Å². The molecular formula is C10H9NO.